The lowest BCUT2D eigenvalue weighted by molar-refractivity contribution is 0.0471. The molecule has 1 aromatic rings. The average molecular weight is 322 g/mol. The van der Waals surface area contributed by atoms with Gasteiger partial charge in [0.25, 0.3) is 0 Å². The van der Waals surface area contributed by atoms with Crippen LogP contribution < -0.4 is 10.6 Å². The lowest BCUT2D eigenvalue weighted by Crippen LogP contribution is -2.51. The normalized spacial score (nSPS) is 13.5. The first-order valence-electron chi connectivity index (χ1n) is 7.97. The van der Waals surface area contributed by atoms with E-state index in [1.165, 1.54) is 0 Å². The van der Waals surface area contributed by atoms with Crippen molar-refractivity contribution < 1.29 is 14.6 Å². The first-order valence-corrected chi connectivity index (χ1v) is 7.97. The molecule has 1 amide bonds. The summed E-state index contributed by atoms with van der Waals surface area (Å²) in [6.45, 7) is 12.1. The Kier molecular flexibility index (Phi) is 6.59. The fourth-order valence-corrected chi connectivity index (χ4v) is 2.11. The minimum absolute atomic E-state index is 0.0340. The molecule has 0 fully saturated rings. The maximum absolute atomic E-state index is 11.9. The fraction of sp³-hybridized carbons (Fsp3) is 0.611. The third-order valence-corrected chi connectivity index (χ3v) is 3.32. The summed E-state index contributed by atoms with van der Waals surface area (Å²) in [4.78, 5) is 11.9. The summed E-state index contributed by atoms with van der Waals surface area (Å²) in [5.74, 6) is 0. The molecule has 0 aliphatic carbocycles. The molecule has 0 saturated carbocycles. The molecule has 1 atom stereocenters. The second kappa shape index (κ2) is 7.79. The van der Waals surface area contributed by atoms with E-state index in [2.05, 4.69) is 17.6 Å². The third kappa shape index (κ3) is 7.48. The topological polar surface area (TPSA) is 70.6 Å². The quantitative estimate of drug-likeness (QED) is 0.752. The molecule has 0 radical (unpaired) electrons. The second-order valence-electron chi connectivity index (χ2n) is 7.52. The van der Waals surface area contributed by atoms with E-state index < -0.39 is 17.2 Å². The van der Waals surface area contributed by atoms with Crippen LogP contribution in [0.1, 0.15) is 58.7 Å². The Bertz CT molecular complexity index is 521. The summed E-state index contributed by atoms with van der Waals surface area (Å²) in [6.07, 6.45) is -0.417. The van der Waals surface area contributed by atoms with Gasteiger partial charge in [-0.2, -0.15) is 0 Å². The van der Waals surface area contributed by atoms with Gasteiger partial charge in [0.15, 0.2) is 0 Å². The van der Waals surface area contributed by atoms with Gasteiger partial charge in [0.1, 0.15) is 5.60 Å². The molecule has 0 spiro atoms. The monoisotopic (exact) mass is 322 g/mol. The molecular formula is C18H30N2O3. The SMILES string of the molecule is CC(NCC(C)(C)NC(=O)OC(C)(C)C)c1cccc(CO)c1. The van der Waals surface area contributed by atoms with E-state index in [4.69, 9.17) is 4.74 Å². The summed E-state index contributed by atoms with van der Waals surface area (Å²) < 4.78 is 5.29. The van der Waals surface area contributed by atoms with Crippen LogP contribution in [-0.2, 0) is 11.3 Å². The molecule has 1 rings (SSSR count). The number of benzene rings is 1. The number of carbonyl (C=O) groups excluding carboxylic acids is 1. The number of aliphatic hydroxyl groups is 1. The Hall–Kier alpha value is -1.59. The number of rotatable bonds is 6. The average Bonchev–Trinajstić information content (AvgIpc) is 2.42. The van der Waals surface area contributed by atoms with E-state index >= 15 is 0 Å². The molecule has 0 aliphatic rings. The van der Waals surface area contributed by atoms with Crippen LogP contribution in [0.5, 0.6) is 0 Å². The van der Waals surface area contributed by atoms with E-state index in [1.54, 1.807) is 0 Å². The van der Waals surface area contributed by atoms with Crippen LogP contribution in [0, 0.1) is 0 Å². The van der Waals surface area contributed by atoms with Crippen molar-refractivity contribution in [1.82, 2.24) is 10.6 Å². The summed E-state index contributed by atoms with van der Waals surface area (Å²) in [5, 5.41) is 15.5. The first kappa shape index (κ1) is 19.5. The maximum Gasteiger partial charge on any atom is 0.408 e. The van der Waals surface area contributed by atoms with E-state index in [0.717, 1.165) is 11.1 Å². The molecule has 0 heterocycles. The second-order valence-corrected chi connectivity index (χ2v) is 7.52. The van der Waals surface area contributed by atoms with Crippen molar-refractivity contribution in [2.45, 2.75) is 65.3 Å². The van der Waals surface area contributed by atoms with Gasteiger partial charge in [-0.15, -0.1) is 0 Å². The smallest absolute Gasteiger partial charge is 0.408 e. The van der Waals surface area contributed by atoms with Crippen LogP contribution in [0.4, 0.5) is 4.79 Å². The van der Waals surface area contributed by atoms with Crippen LogP contribution in [0.3, 0.4) is 0 Å². The largest absolute Gasteiger partial charge is 0.444 e. The molecule has 130 valence electrons. The number of amides is 1. The van der Waals surface area contributed by atoms with Crippen LogP contribution in [0.15, 0.2) is 24.3 Å². The highest BCUT2D eigenvalue weighted by molar-refractivity contribution is 5.68. The summed E-state index contributed by atoms with van der Waals surface area (Å²) in [7, 11) is 0. The van der Waals surface area contributed by atoms with Crippen LogP contribution >= 0.6 is 0 Å². The van der Waals surface area contributed by atoms with Crippen molar-refractivity contribution in [2.24, 2.45) is 0 Å². The zero-order valence-corrected chi connectivity index (χ0v) is 15.1. The number of nitrogens with one attached hydrogen (secondary N) is 2. The lowest BCUT2D eigenvalue weighted by atomic mass is 10.0. The van der Waals surface area contributed by atoms with Gasteiger partial charge in [0.05, 0.1) is 12.1 Å². The molecule has 0 aliphatic heterocycles. The third-order valence-electron chi connectivity index (χ3n) is 3.32. The van der Waals surface area contributed by atoms with Crippen molar-refractivity contribution in [3.8, 4) is 0 Å². The Balaban J connectivity index is 2.55. The van der Waals surface area contributed by atoms with Gasteiger partial charge < -0.3 is 20.5 Å². The molecular weight excluding hydrogens is 292 g/mol. The summed E-state index contributed by atoms with van der Waals surface area (Å²) in [6, 6.07) is 7.94. The van der Waals surface area contributed by atoms with Gasteiger partial charge >= 0.3 is 6.09 Å². The Morgan fingerprint density at radius 3 is 2.48 bits per heavy atom. The molecule has 1 aromatic carbocycles. The number of alkyl carbamates (subject to hydrolysis) is 1. The zero-order chi connectivity index (χ0) is 17.7. The van der Waals surface area contributed by atoms with Crippen molar-refractivity contribution in [3.63, 3.8) is 0 Å². The molecule has 23 heavy (non-hydrogen) atoms. The molecule has 0 saturated heterocycles. The van der Waals surface area contributed by atoms with Crippen LogP contribution in [0.2, 0.25) is 0 Å². The van der Waals surface area contributed by atoms with E-state index in [-0.39, 0.29) is 12.6 Å². The lowest BCUT2D eigenvalue weighted by Gasteiger charge is -2.30. The van der Waals surface area contributed by atoms with Crippen LogP contribution in [0.25, 0.3) is 0 Å². The molecule has 1 unspecified atom stereocenters. The van der Waals surface area contributed by atoms with E-state index in [0.29, 0.717) is 6.54 Å². The summed E-state index contributed by atoms with van der Waals surface area (Å²) >= 11 is 0. The van der Waals surface area contributed by atoms with Crippen LogP contribution in [-0.4, -0.2) is 28.9 Å². The van der Waals surface area contributed by atoms with E-state index in [1.807, 2.05) is 58.9 Å². The molecule has 5 heteroatoms. The number of carbonyl (C=O) groups is 1. The number of aliphatic hydroxyl groups excluding tert-OH is 1. The van der Waals surface area contributed by atoms with Gasteiger partial charge in [0, 0.05) is 12.6 Å². The van der Waals surface area contributed by atoms with Gasteiger partial charge in [0.2, 0.25) is 0 Å². The zero-order valence-electron chi connectivity index (χ0n) is 15.1. The first-order chi connectivity index (χ1) is 10.5. The molecule has 3 N–H and O–H groups in total. The predicted octanol–water partition coefficient (Wildman–Crippen LogP) is 3.13. The van der Waals surface area contributed by atoms with Crippen molar-refractivity contribution in [1.29, 1.82) is 0 Å². The predicted molar refractivity (Wildman–Crippen MR) is 92.2 cm³/mol. The highest BCUT2D eigenvalue weighted by Crippen LogP contribution is 2.15. The van der Waals surface area contributed by atoms with Gasteiger partial charge in [-0.25, -0.2) is 4.79 Å². The summed E-state index contributed by atoms with van der Waals surface area (Å²) in [5.41, 5.74) is 1.04. The molecule has 0 aromatic heterocycles. The number of ether oxygens (including phenoxy) is 1. The number of hydrogen-bond acceptors (Lipinski definition) is 4. The van der Waals surface area contributed by atoms with Crippen molar-refractivity contribution in [3.05, 3.63) is 35.4 Å². The Morgan fingerprint density at radius 1 is 1.26 bits per heavy atom. The van der Waals surface area contributed by atoms with Crippen molar-refractivity contribution >= 4 is 6.09 Å². The maximum atomic E-state index is 11.9. The molecule has 0 bridgehead atoms. The fourth-order valence-electron chi connectivity index (χ4n) is 2.11. The minimum atomic E-state index is -0.508. The highest BCUT2D eigenvalue weighted by atomic mass is 16.6. The van der Waals surface area contributed by atoms with E-state index in [9.17, 15) is 9.90 Å². The Morgan fingerprint density at radius 2 is 1.91 bits per heavy atom. The molecule has 5 nitrogen and oxygen atoms in total. The highest BCUT2D eigenvalue weighted by Gasteiger charge is 2.25. The van der Waals surface area contributed by atoms with Gasteiger partial charge in [-0.3, -0.25) is 0 Å². The minimum Gasteiger partial charge on any atom is -0.444 e. The van der Waals surface area contributed by atoms with Crippen molar-refractivity contribution in [2.75, 3.05) is 6.54 Å². The standard InChI is InChI=1S/C18H30N2O3/c1-13(15-9-7-8-14(10-15)11-21)19-12-18(5,6)20-16(22)23-17(2,3)4/h7-10,13,19,21H,11-12H2,1-6H3,(H,20,22). The Labute approximate surface area is 139 Å². The van der Waals surface area contributed by atoms with Gasteiger partial charge in [-0.1, -0.05) is 24.3 Å². The van der Waals surface area contributed by atoms with Gasteiger partial charge in [-0.05, 0) is 52.7 Å². The number of hydrogen-bond donors (Lipinski definition) is 3.